The van der Waals surface area contributed by atoms with Crippen molar-refractivity contribution in [2.75, 3.05) is 0 Å². The monoisotopic (exact) mass is 304 g/mol. The number of nitrogens with zero attached hydrogens (tertiary/aromatic N) is 2. The molecule has 0 N–H and O–H groups in total. The summed E-state index contributed by atoms with van der Waals surface area (Å²) in [6, 6.07) is 16.9. The third kappa shape index (κ3) is 2.51. The van der Waals surface area contributed by atoms with Gasteiger partial charge in [0, 0.05) is 0 Å². The maximum absolute atomic E-state index is 8.85. The van der Waals surface area contributed by atoms with Gasteiger partial charge in [0.15, 0.2) is 0 Å². The molecule has 0 unspecified atom stereocenters. The van der Waals surface area contributed by atoms with E-state index in [0.717, 1.165) is 17.0 Å². The molecule has 0 atom stereocenters. The van der Waals surface area contributed by atoms with Crippen LogP contribution in [0.1, 0.15) is 35.4 Å². The van der Waals surface area contributed by atoms with Gasteiger partial charge in [-0.05, 0) is 66.5 Å². The molecular formula is C19H16N2S. The maximum atomic E-state index is 8.85. The van der Waals surface area contributed by atoms with Crippen LogP contribution in [0.25, 0.3) is 10.2 Å². The summed E-state index contributed by atoms with van der Waals surface area (Å²) < 4.78 is 1.29. The Morgan fingerprint density at radius 2 is 1.95 bits per heavy atom. The van der Waals surface area contributed by atoms with Gasteiger partial charge in [0.2, 0.25) is 0 Å². The van der Waals surface area contributed by atoms with Crippen molar-refractivity contribution in [3.8, 4) is 6.07 Å². The highest BCUT2D eigenvalue weighted by atomic mass is 32.1. The lowest BCUT2D eigenvalue weighted by Gasteiger charge is -2.36. The van der Waals surface area contributed by atoms with Crippen LogP contribution in [0, 0.1) is 17.2 Å². The summed E-state index contributed by atoms with van der Waals surface area (Å²) in [5.74, 6) is 1.45. The van der Waals surface area contributed by atoms with E-state index in [1.165, 1.54) is 35.1 Å². The van der Waals surface area contributed by atoms with E-state index in [9.17, 15) is 0 Å². The van der Waals surface area contributed by atoms with Crippen molar-refractivity contribution in [3.05, 3.63) is 64.7 Å². The average molecular weight is 304 g/mol. The van der Waals surface area contributed by atoms with Crippen LogP contribution < -0.4 is 0 Å². The first-order valence-electron chi connectivity index (χ1n) is 7.64. The zero-order chi connectivity index (χ0) is 14.9. The smallest absolute Gasteiger partial charge is 0.0991 e. The van der Waals surface area contributed by atoms with E-state index in [4.69, 9.17) is 5.26 Å². The zero-order valence-corrected chi connectivity index (χ0v) is 13.0. The van der Waals surface area contributed by atoms with E-state index in [2.05, 4.69) is 41.4 Å². The molecule has 0 amide bonds. The minimum atomic E-state index is 0.671. The Bertz CT molecular complexity index is 836. The summed E-state index contributed by atoms with van der Waals surface area (Å²) in [5.41, 5.74) is 6.59. The molecule has 22 heavy (non-hydrogen) atoms. The van der Waals surface area contributed by atoms with Crippen molar-refractivity contribution in [1.82, 2.24) is 4.98 Å². The fourth-order valence-corrected chi connectivity index (χ4v) is 4.10. The van der Waals surface area contributed by atoms with Gasteiger partial charge < -0.3 is 0 Å². The molecule has 2 aromatic carbocycles. The molecular weight excluding hydrogens is 288 g/mol. The molecule has 1 fully saturated rings. The maximum Gasteiger partial charge on any atom is 0.0991 e. The molecule has 0 aliphatic heterocycles. The van der Waals surface area contributed by atoms with E-state index >= 15 is 0 Å². The van der Waals surface area contributed by atoms with Crippen molar-refractivity contribution in [2.24, 2.45) is 5.92 Å². The molecule has 1 aromatic heterocycles. The van der Waals surface area contributed by atoms with Gasteiger partial charge in [-0.1, -0.05) is 18.2 Å². The Labute approximate surface area is 134 Å². The number of hydrogen-bond acceptors (Lipinski definition) is 3. The predicted octanol–water partition coefficient (Wildman–Crippen LogP) is 4.90. The third-order valence-corrected chi connectivity index (χ3v) is 5.46. The van der Waals surface area contributed by atoms with Crippen LogP contribution in [0.15, 0.2) is 48.0 Å². The molecule has 1 aliphatic carbocycles. The minimum Gasteiger partial charge on any atom is -0.245 e. The highest BCUT2D eigenvalue weighted by Gasteiger charge is 2.30. The van der Waals surface area contributed by atoms with Crippen LogP contribution in [0.5, 0.6) is 0 Å². The van der Waals surface area contributed by atoms with Crippen LogP contribution >= 0.6 is 11.3 Å². The highest BCUT2D eigenvalue weighted by Crippen LogP contribution is 2.43. The van der Waals surface area contributed by atoms with Crippen LogP contribution in [0.2, 0.25) is 0 Å². The van der Waals surface area contributed by atoms with Crippen molar-refractivity contribution in [1.29, 1.82) is 5.26 Å². The number of fused-ring (bicyclic) bond motifs is 1. The first-order chi connectivity index (χ1) is 10.8. The first-order valence-corrected chi connectivity index (χ1v) is 8.52. The number of nitriles is 1. The molecule has 1 aliphatic rings. The van der Waals surface area contributed by atoms with E-state index in [-0.39, 0.29) is 0 Å². The lowest BCUT2D eigenvalue weighted by atomic mass is 9.69. The summed E-state index contributed by atoms with van der Waals surface area (Å²) >= 11 is 1.72. The number of rotatable bonds is 3. The molecule has 1 heterocycles. The Balaban J connectivity index is 1.39. The lowest BCUT2D eigenvalue weighted by molar-refractivity contribution is 0.262. The number of hydrogen-bond donors (Lipinski definition) is 0. The second kappa shape index (κ2) is 5.55. The Morgan fingerprint density at radius 1 is 1.14 bits per heavy atom. The zero-order valence-electron chi connectivity index (χ0n) is 12.2. The van der Waals surface area contributed by atoms with E-state index in [0.29, 0.717) is 5.92 Å². The first kappa shape index (κ1) is 13.5. The number of benzene rings is 2. The lowest BCUT2D eigenvalue weighted by Crippen LogP contribution is -2.23. The molecule has 3 heteroatoms. The largest absolute Gasteiger partial charge is 0.245 e. The highest BCUT2D eigenvalue weighted by molar-refractivity contribution is 7.16. The van der Waals surface area contributed by atoms with Gasteiger partial charge in [-0.2, -0.15) is 5.26 Å². The van der Waals surface area contributed by atoms with Crippen molar-refractivity contribution in [3.63, 3.8) is 0 Å². The normalized spacial score (nSPS) is 20.5. The van der Waals surface area contributed by atoms with Crippen molar-refractivity contribution in [2.45, 2.75) is 25.2 Å². The van der Waals surface area contributed by atoms with Crippen LogP contribution in [-0.4, -0.2) is 4.98 Å². The standard InChI is InChI=1S/C19H16N2S/c20-11-13-1-4-16(5-2-13)17-8-15(9-17)7-14-3-6-18-19(10-14)22-12-21-18/h1-6,10,12,15,17H,7-9H2. The second-order valence-electron chi connectivity index (χ2n) is 6.13. The summed E-state index contributed by atoms with van der Waals surface area (Å²) in [7, 11) is 0. The molecule has 0 spiro atoms. The fourth-order valence-electron chi connectivity index (χ4n) is 3.36. The van der Waals surface area contributed by atoms with Gasteiger partial charge in [0.1, 0.15) is 0 Å². The molecule has 108 valence electrons. The third-order valence-electron chi connectivity index (χ3n) is 4.67. The van der Waals surface area contributed by atoms with Crippen molar-refractivity contribution >= 4 is 21.6 Å². The Morgan fingerprint density at radius 3 is 2.73 bits per heavy atom. The molecule has 4 rings (SSSR count). The van der Waals surface area contributed by atoms with Crippen LogP contribution in [0.3, 0.4) is 0 Å². The van der Waals surface area contributed by atoms with E-state index in [1.807, 2.05) is 17.6 Å². The fraction of sp³-hybridized carbons (Fsp3) is 0.263. The van der Waals surface area contributed by atoms with Gasteiger partial charge in [-0.15, -0.1) is 11.3 Å². The van der Waals surface area contributed by atoms with Crippen LogP contribution in [0.4, 0.5) is 0 Å². The quantitative estimate of drug-likeness (QED) is 0.689. The molecule has 2 nitrogen and oxygen atoms in total. The summed E-state index contributed by atoms with van der Waals surface area (Å²) in [4.78, 5) is 4.33. The molecule has 0 radical (unpaired) electrons. The van der Waals surface area contributed by atoms with Gasteiger partial charge in [0.25, 0.3) is 0 Å². The average Bonchev–Trinajstić information content (AvgIpc) is 2.98. The van der Waals surface area contributed by atoms with Crippen molar-refractivity contribution < 1.29 is 0 Å². The summed E-state index contributed by atoms with van der Waals surface area (Å²) in [5, 5.41) is 8.85. The van der Waals surface area contributed by atoms with Gasteiger partial charge in [0.05, 0.1) is 27.4 Å². The molecule has 3 aromatic rings. The van der Waals surface area contributed by atoms with Gasteiger partial charge in [-0.3, -0.25) is 0 Å². The molecule has 0 bridgehead atoms. The Hall–Kier alpha value is -2.18. The summed E-state index contributed by atoms with van der Waals surface area (Å²) in [6.07, 6.45) is 3.68. The minimum absolute atomic E-state index is 0.671. The topological polar surface area (TPSA) is 36.7 Å². The predicted molar refractivity (Wildman–Crippen MR) is 89.9 cm³/mol. The Kier molecular flexibility index (Phi) is 3.40. The molecule has 0 saturated heterocycles. The van der Waals surface area contributed by atoms with Gasteiger partial charge >= 0.3 is 0 Å². The van der Waals surface area contributed by atoms with E-state index in [1.54, 1.807) is 11.3 Å². The summed E-state index contributed by atoms with van der Waals surface area (Å²) in [6.45, 7) is 0. The number of thiazole rings is 1. The van der Waals surface area contributed by atoms with E-state index < -0.39 is 0 Å². The SMILES string of the molecule is N#Cc1ccc(C2CC(Cc3ccc4ncsc4c3)C2)cc1. The van der Waals surface area contributed by atoms with Gasteiger partial charge in [-0.25, -0.2) is 4.98 Å². The second-order valence-corrected chi connectivity index (χ2v) is 7.01. The molecule has 1 saturated carbocycles. The van der Waals surface area contributed by atoms with Crippen LogP contribution in [-0.2, 0) is 6.42 Å². The number of aromatic nitrogens is 1.